The lowest BCUT2D eigenvalue weighted by atomic mass is 10.2. The number of nitrogen functional groups attached to an aromatic ring is 1. The molecule has 0 saturated heterocycles. The number of aryl methyl sites for hydroxylation is 2. The lowest BCUT2D eigenvalue weighted by Gasteiger charge is -2.05. The molecule has 2 heterocycles. The van der Waals surface area contributed by atoms with Crippen molar-refractivity contribution in [2.75, 3.05) is 5.84 Å². The number of nitrogens with two attached hydrogens (primary N) is 1. The molecule has 114 valence electrons. The summed E-state index contributed by atoms with van der Waals surface area (Å²) in [5.41, 5.74) is 2.98. The van der Waals surface area contributed by atoms with Crippen LogP contribution in [-0.4, -0.2) is 24.7 Å². The summed E-state index contributed by atoms with van der Waals surface area (Å²) in [6, 6.07) is 9.67. The highest BCUT2D eigenvalue weighted by atomic mass is 35.5. The number of hydrogen-bond acceptors (Lipinski definition) is 5. The van der Waals surface area contributed by atoms with Crippen molar-refractivity contribution in [3.05, 3.63) is 52.3 Å². The molecule has 0 aliphatic rings. The van der Waals surface area contributed by atoms with Gasteiger partial charge < -0.3 is 5.84 Å². The van der Waals surface area contributed by atoms with Crippen LogP contribution in [0.15, 0.2) is 35.5 Å². The summed E-state index contributed by atoms with van der Waals surface area (Å²) in [7, 11) is 0. The molecule has 0 saturated carbocycles. The van der Waals surface area contributed by atoms with Gasteiger partial charge in [-0.2, -0.15) is 5.10 Å². The van der Waals surface area contributed by atoms with Crippen LogP contribution in [0, 0.1) is 13.8 Å². The van der Waals surface area contributed by atoms with Gasteiger partial charge in [0.25, 0.3) is 5.95 Å². The van der Waals surface area contributed by atoms with E-state index >= 15 is 0 Å². The zero-order chi connectivity index (χ0) is 15.7. The summed E-state index contributed by atoms with van der Waals surface area (Å²) in [5, 5.41) is 14.0. The maximum absolute atomic E-state index is 6.09. The summed E-state index contributed by atoms with van der Waals surface area (Å²) in [6.45, 7) is 3.88. The Morgan fingerprint density at radius 2 is 2.05 bits per heavy atom. The second kappa shape index (κ2) is 6.02. The molecule has 0 radical (unpaired) electrons. The molecular formula is C14H15ClN6S. The number of halogens is 1. The van der Waals surface area contributed by atoms with E-state index in [1.165, 1.54) is 16.4 Å². The molecule has 1 aromatic carbocycles. The second-order valence-corrected chi connectivity index (χ2v) is 6.29. The summed E-state index contributed by atoms with van der Waals surface area (Å²) in [4.78, 5) is 0. The minimum Gasteiger partial charge on any atom is -0.334 e. The largest absolute Gasteiger partial charge is 0.334 e. The van der Waals surface area contributed by atoms with Gasteiger partial charge in [-0.25, -0.2) is 9.36 Å². The highest BCUT2D eigenvalue weighted by Gasteiger charge is 2.14. The molecule has 0 spiro atoms. The molecule has 22 heavy (non-hydrogen) atoms. The van der Waals surface area contributed by atoms with Crippen molar-refractivity contribution in [2.45, 2.75) is 24.8 Å². The first-order valence-corrected chi connectivity index (χ1v) is 8.02. The van der Waals surface area contributed by atoms with Gasteiger partial charge in [0.15, 0.2) is 0 Å². The van der Waals surface area contributed by atoms with Crippen molar-refractivity contribution in [1.82, 2.24) is 24.7 Å². The third-order valence-electron chi connectivity index (χ3n) is 3.10. The van der Waals surface area contributed by atoms with Gasteiger partial charge in [0, 0.05) is 16.5 Å². The predicted octanol–water partition coefficient (Wildman–Crippen LogP) is 2.74. The first kappa shape index (κ1) is 14.9. The lowest BCUT2D eigenvalue weighted by Crippen LogP contribution is -2.17. The fourth-order valence-electron chi connectivity index (χ4n) is 2.12. The molecular weight excluding hydrogens is 320 g/mol. The Kier molecular flexibility index (Phi) is 4.08. The van der Waals surface area contributed by atoms with Gasteiger partial charge in [-0.3, -0.25) is 0 Å². The van der Waals surface area contributed by atoms with Crippen LogP contribution in [0.5, 0.6) is 0 Å². The Morgan fingerprint density at radius 3 is 2.73 bits per heavy atom. The molecule has 3 rings (SSSR count). The molecule has 2 aromatic heterocycles. The summed E-state index contributed by atoms with van der Waals surface area (Å²) in [5.74, 6) is 7.31. The Balaban J connectivity index is 1.80. The highest BCUT2D eigenvalue weighted by molar-refractivity contribution is 7.98. The maximum atomic E-state index is 6.09. The van der Waals surface area contributed by atoms with Crippen LogP contribution < -0.4 is 5.84 Å². The Hall–Kier alpha value is -1.99. The minimum atomic E-state index is 0.499. The monoisotopic (exact) mass is 334 g/mol. The van der Waals surface area contributed by atoms with E-state index < -0.39 is 0 Å². The number of benzene rings is 1. The van der Waals surface area contributed by atoms with Crippen LogP contribution in [0.25, 0.3) is 5.95 Å². The van der Waals surface area contributed by atoms with E-state index in [2.05, 4.69) is 15.3 Å². The Labute approximate surface area is 137 Å². The van der Waals surface area contributed by atoms with Crippen molar-refractivity contribution in [2.24, 2.45) is 0 Å². The van der Waals surface area contributed by atoms with Gasteiger partial charge in [0.2, 0.25) is 5.16 Å². The van der Waals surface area contributed by atoms with E-state index in [1.807, 2.05) is 44.2 Å². The maximum Gasteiger partial charge on any atom is 0.271 e. The van der Waals surface area contributed by atoms with Gasteiger partial charge in [-0.05, 0) is 37.6 Å². The summed E-state index contributed by atoms with van der Waals surface area (Å²) in [6.07, 6.45) is 0. The van der Waals surface area contributed by atoms with E-state index in [1.54, 1.807) is 4.68 Å². The van der Waals surface area contributed by atoms with E-state index in [-0.39, 0.29) is 0 Å². The predicted molar refractivity (Wildman–Crippen MR) is 87.8 cm³/mol. The van der Waals surface area contributed by atoms with Crippen molar-refractivity contribution < 1.29 is 0 Å². The first-order chi connectivity index (χ1) is 10.5. The van der Waals surface area contributed by atoms with Crippen LogP contribution in [0.3, 0.4) is 0 Å². The Bertz CT molecular complexity index is 810. The van der Waals surface area contributed by atoms with Gasteiger partial charge in [0.1, 0.15) is 0 Å². The lowest BCUT2D eigenvalue weighted by molar-refractivity contribution is 0.727. The van der Waals surface area contributed by atoms with Crippen molar-refractivity contribution in [3.63, 3.8) is 0 Å². The van der Waals surface area contributed by atoms with E-state index in [0.29, 0.717) is 16.9 Å². The zero-order valence-corrected chi connectivity index (χ0v) is 13.8. The number of hydrogen-bond donors (Lipinski definition) is 1. The van der Waals surface area contributed by atoms with Crippen molar-refractivity contribution >= 4 is 23.4 Å². The average Bonchev–Trinajstić information content (AvgIpc) is 2.99. The van der Waals surface area contributed by atoms with Crippen LogP contribution in [0.1, 0.15) is 17.0 Å². The van der Waals surface area contributed by atoms with Gasteiger partial charge >= 0.3 is 0 Å². The van der Waals surface area contributed by atoms with E-state index in [0.717, 1.165) is 22.0 Å². The van der Waals surface area contributed by atoms with Crippen LogP contribution in [0.4, 0.5) is 0 Å². The number of nitrogens with zero attached hydrogens (tertiary/aromatic N) is 5. The fourth-order valence-corrected chi connectivity index (χ4v) is 3.13. The van der Waals surface area contributed by atoms with Crippen LogP contribution in [0.2, 0.25) is 5.02 Å². The van der Waals surface area contributed by atoms with E-state index in [4.69, 9.17) is 17.4 Å². The molecule has 0 fully saturated rings. The molecule has 8 heteroatoms. The molecule has 3 aromatic rings. The molecule has 0 bridgehead atoms. The molecule has 6 nitrogen and oxygen atoms in total. The van der Waals surface area contributed by atoms with Crippen molar-refractivity contribution in [1.29, 1.82) is 0 Å². The Morgan fingerprint density at radius 1 is 1.23 bits per heavy atom. The molecule has 0 atom stereocenters. The quantitative estimate of drug-likeness (QED) is 0.586. The summed E-state index contributed by atoms with van der Waals surface area (Å²) >= 11 is 7.48. The fraction of sp³-hybridized carbons (Fsp3) is 0.214. The van der Waals surface area contributed by atoms with Crippen molar-refractivity contribution in [3.8, 4) is 5.95 Å². The highest BCUT2D eigenvalue weighted by Crippen LogP contribution is 2.23. The number of thioether (sulfide) groups is 1. The SMILES string of the molecule is Cc1cc(C)n(-c2nnc(SCc3cccc(Cl)c3)n2N)n1. The van der Waals surface area contributed by atoms with Crippen LogP contribution >= 0.6 is 23.4 Å². The molecule has 0 aliphatic heterocycles. The third kappa shape index (κ3) is 2.95. The standard InChI is InChI=1S/C14H15ClN6S/c1-9-6-10(2)21(19-9)13-17-18-14(20(13)16)22-8-11-4-3-5-12(15)7-11/h3-7H,8,16H2,1-2H3. The van der Waals surface area contributed by atoms with Gasteiger partial charge in [-0.15, -0.1) is 10.2 Å². The van der Waals surface area contributed by atoms with Gasteiger partial charge in [0.05, 0.1) is 5.69 Å². The zero-order valence-electron chi connectivity index (χ0n) is 12.2. The number of rotatable bonds is 4. The number of aromatic nitrogens is 5. The topological polar surface area (TPSA) is 74.5 Å². The summed E-state index contributed by atoms with van der Waals surface area (Å²) < 4.78 is 3.14. The van der Waals surface area contributed by atoms with E-state index in [9.17, 15) is 0 Å². The normalized spacial score (nSPS) is 11.0. The molecule has 0 unspecified atom stereocenters. The molecule has 0 amide bonds. The van der Waals surface area contributed by atoms with Crippen LogP contribution in [-0.2, 0) is 5.75 Å². The first-order valence-electron chi connectivity index (χ1n) is 6.66. The molecule has 2 N–H and O–H groups in total. The smallest absolute Gasteiger partial charge is 0.271 e. The minimum absolute atomic E-state index is 0.499. The second-order valence-electron chi connectivity index (χ2n) is 4.91. The molecule has 0 aliphatic carbocycles. The van der Waals surface area contributed by atoms with Gasteiger partial charge in [-0.1, -0.05) is 35.5 Å². The third-order valence-corrected chi connectivity index (χ3v) is 4.35. The average molecular weight is 335 g/mol.